The lowest BCUT2D eigenvalue weighted by Crippen LogP contribution is -2.14. The van der Waals surface area contributed by atoms with E-state index >= 15 is 0 Å². The van der Waals surface area contributed by atoms with Crippen LogP contribution in [0.4, 0.5) is 5.69 Å². The molecular formula is C18H22N2O3. The van der Waals surface area contributed by atoms with Crippen LogP contribution in [0, 0.1) is 6.92 Å². The van der Waals surface area contributed by atoms with Crippen molar-refractivity contribution in [3.05, 3.63) is 29.5 Å². The third-order valence-corrected chi connectivity index (χ3v) is 4.27. The highest BCUT2D eigenvalue weighted by atomic mass is 16.5. The molecule has 0 amide bonds. The molecule has 122 valence electrons. The molecule has 0 bridgehead atoms. The lowest BCUT2D eigenvalue weighted by molar-refractivity contribution is 0.0526. The number of aryl methyl sites for hydroxylation is 1. The number of hydrogen-bond acceptors (Lipinski definition) is 5. The van der Waals surface area contributed by atoms with Crippen molar-refractivity contribution in [2.24, 2.45) is 0 Å². The second kappa shape index (κ2) is 6.44. The van der Waals surface area contributed by atoms with Gasteiger partial charge in [-0.05, 0) is 51.7 Å². The van der Waals surface area contributed by atoms with Gasteiger partial charge in [-0.3, -0.25) is 4.98 Å². The average molecular weight is 314 g/mol. The van der Waals surface area contributed by atoms with Gasteiger partial charge in [0.1, 0.15) is 11.3 Å². The first kappa shape index (κ1) is 15.6. The molecule has 2 N–H and O–H groups in total. The molecule has 1 fully saturated rings. The molecule has 3 rings (SSSR count). The smallest absolute Gasteiger partial charge is 0.342 e. The molecule has 5 heteroatoms. The van der Waals surface area contributed by atoms with E-state index < -0.39 is 5.97 Å². The summed E-state index contributed by atoms with van der Waals surface area (Å²) in [5, 5.41) is 0.702. The number of carbonyl (C=O) groups is 1. The van der Waals surface area contributed by atoms with Crippen LogP contribution < -0.4 is 10.5 Å². The van der Waals surface area contributed by atoms with Crippen LogP contribution in [0.1, 0.15) is 48.7 Å². The maximum atomic E-state index is 12.2. The van der Waals surface area contributed by atoms with Crippen molar-refractivity contribution in [1.29, 1.82) is 0 Å². The molecule has 2 aromatic rings. The second-order valence-electron chi connectivity index (χ2n) is 5.88. The maximum absolute atomic E-state index is 12.2. The van der Waals surface area contributed by atoms with Gasteiger partial charge in [-0.2, -0.15) is 0 Å². The zero-order chi connectivity index (χ0) is 16.4. The van der Waals surface area contributed by atoms with E-state index in [1.807, 2.05) is 18.2 Å². The Morgan fingerprint density at radius 1 is 1.35 bits per heavy atom. The second-order valence-corrected chi connectivity index (χ2v) is 5.88. The van der Waals surface area contributed by atoms with E-state index in [0.29, 0.717) is 34.7 Å². The molecule has 1 aliphatic carbocycles. The van der Waals surface area contributed by atoms with Crippen molar-refractivity contribution in [2.75, 3.05) is 12.3 Å². The highest BCUT2D eigenvalue weighted by molar-refractivity contribution is 6.07. The molecule has 0 radical (unpaired) electrons. The number of nitrogens with two attached hydrogens (primary N) is 1. The Labute approximate surface area is 135 Å². The number of aromatic nitrogens is 1. The van der Waals surface area contributed by atoms with Gasteiger partial charge in [-0.1, -0.05) is 6.07 Å². The topological polar surface area (TPSA) is 74.4 Å². The van der Waals surface area contributed by atoms with E-state index in [0.717, 1.165) is 18.4 Å². The van der Waals surface area contributed by atoms with E-state index in [1.54, 1.807) is 13.8 Å². The average Bonchev–Trinajstić information content (AvgIpc) is 3.00. The lowest BCUT2D eigenvalue weighted by Gasteiger charge is -2.17. The van der Waals surface area contributed by atoms with Gasteiger partial charge in [0.05, 0.1) is 35.0 Å². The van der Waals surface area contributed by atoms with Gasteiger partial charge in [0.25, 0.3) is 0 Å². The monoisotopic (exact) mass is 314 g/mol. The summed E-state index contributed by atoms with van der Waals surface area (Å²) in [5.41, 5.74) is 8.34. The Kier molecular flexibility index (Phi) is 4.37. The number of hydrogen-bond donors (Lipinski definition) is 1. The van der Waals surface area contributed by atoms with Crippen LogP contribution in [0.25, 0.3) is 10.9 Å². The first-order valence-electron chi connectivity index (χ1n) is 8.14. The van der Waals surface area contributed by atoms with E-state index in [4.69, 9.17) is 15.2 Å². The number of rotatable bonds is 4. The minimum Gasteiger partial charge on any atom is -0.490 e. The predicted octanol–water partition coefficient (Wildman–Crippen LogP) is 3.62. The van der Waals surface area contributed by atoms with Crippen LogP contribution in [0.3, 0.4) is 0 Å². The maximum Gasteiger partial charge on any atom is 0.342 e. The fourth-order valence-corrected chi connectivity index (χ4v) is 3.18. The van der Waals surface area contributed by atoms with Crippen molar-refractivity contribution in [3.63, 3.8) is 0 Å². The molecule has 1 heterocycles. The summed E-state index contributed by atoms with van der Waals surface area (Å²) in [4.78, 5) is 16.7. The number of anilines is 1. The number of carbonyl (C=O) groups excluding carboxylic acids is 1. The first-order chi connectivity index (χ1) is 11.1. The Hall–Kier alpha value is -2.30. The molecule has 1 aromatic heterocycles. The Bertz CT molecular complexity index is 737. The number of nitrogen functional groups attached to an aromatic ring is 1. The van der Waals surface area contributed by atoms with E-state index in [1.165, 1.54) is 12.8 Å². The third kappa shape index (κ3) is 2.96. The van der Waals surface area contributed by atoms with Gasteiger partial charge < -0.3 is 15.2 Å². The minimum absolute atomic E-state index is 0.215. The molecule has 0 spiro atoms. The van der Waals surface area contributed by atoms with Crippen LogP contribution >= 0.6 is 0 Å². The molecule has 5 nitrogen and oxygen atoms in total. The van der Waals surface area contributed by atoms with Crippen molar-refractivity contribution in [2.45, 2.75) is 45.6 Å². The van der Waals surface area contributed by atoms with Crippen LogP contribution in [-0.2, 0) is 4.74 Å². The van der Waals surface area contributed by atoms with Gasteiger partial charge in [-0.15, -0.1) is 0 Å². The SMILES string of the molecule is CCOC(=O)c1c(C)nc2cccc(OC3CCCC3)c2c1N. The predicted molar refractivity (Wildman–Crippen MR) is 89.7 cm³/mol. The van der Waals surface area contributed by atoms with Gasteiger partial charge in [0.2, 0.25) is 0 Å². The molecular weight excluding hydrogens is 292 g/mol. The zero-order valence-corrected chi connectivity index (χ0v) is 13.6. The van der Waals surface area contributed by atoms with Crippen molar-refractivity contribution < 1.29 is 14.3 Å². The number of pyridine rings is 1. The van der Waals surface area contributed by atoms with Crippen molar-refractivity contribution in [1.82, 2.24) is 4.98 Å². The van der Waals surface area contributed by atoms with Gasteiger partial charge >= 0.3 is 5.97 Å². The first-order valence-corrected chi connectivity index (χ1v) is 8.14. The van der Waals surface area contributed by atoms with E-state index in [2.05, 4.69) is 4.98 Å². The van der Waals surface area contributed by atoms with Crippen molar-refractivity contribution >= 4 is 22.6 Å². The molecule has 0 saturated heterocycles. The number of esters is 1. The summed E-state index contributed by atoms with van der Waals surface area (Å²) in [6, 6.07) is 5.68. The van der Waals surface area contributed by atoms with Gasteiger partial charge in [0.15, 0.2) is 0 Å². The van der Waals surface area contributed by atoms with E-state index in [-0.39, 0.29) is 6.10 Å². The molecule has 1 aromatic carbocycles. The summed E-state index contributed by atoms with van der Waals surface area (Å²) < 4.78 is 11.2. The Morgan fingerprint density at radius 3 is 2.78 bits per heavy atom. The molecule has 23 heavy (non-hydrogen) atoms. The number of fused-ring (bicyclic) bond motifs is 1. The molecule has 1 aliphatic rings. The quantitative estimate of drug-likeness (QED) is 0.872. The highest BCUT2D eigenvalue weighted by Crippen LogP contribution is 2.35. The van der Waals surface area contributed by atoms with Gasteiger partial charge in [0, 0.05) is 0 Å². The third-order valence-electron chi connectivity index (χ3n) is 4.27. The largest absolute Gasteiger partial charge is 0.490 e. The fraction of sp³-hybridized carbons (Fsp3) is 0.444. The van der Waals surface area contributed by atoms with E-state index in [9.17, 15) is 4.79 Å². The Balaban J connectivity index is 2.10. The molecule has 0 atom stereocenters. The highest BCUT2D eigenvalue weighted by Gasteiger charge is 2.22. The van der Waals surface area contributed by atoms with Crippen LogP contribution in [0.2, 0.25) is 0 Å². The normalized spacial score (nSPS) is 15.0. The zero-order valence-electron chi connectivity index (χ0n) is 13.6. The number of nitrogens with zero attached hydrogens (tertiary/aromatic N) is 1. The summed E-state index contributed by atoms with van der Waals surface area (Å²) in [7, 11) is 0. The van der Waals surface area contributed by atoms with Gasteiger partial charge in [-0.25, -0.2) is 4.79 Å². The minimum atomic E-state index is -0.437. The van der Waals surface area contributed by atoms with Crippen molar-refractivity contribution in [3.8, 4) is 5.75 Å². The number of ether oxygens (including phenoxy) is 2. The molecule has 0 unspecified atom stereocenters. The standard InChI is InChI=1S/C18H22N2O3/c1-3-22-18(21)15-11(2)20-13-9-6-10-14(16(13)17(15)19)23-12-7-4-5-8-12/h6,9-10,12H,3-5,7-8H2,1-2H3,(H2,19,20). The summed E-state index contributed by atoms with van der Waals surface area (Å²) in [6.45, 7) is 3.84. The summed E-state index contributed by atoms with van der Waals surface area (Å²) in [5.74, 6) is 0.262. The molecule has 1 saturated carbocycles. The van der Waals surface area contributed by atoms with Crippen LogP contribution in [-0.4, -0.2) is 23.7 Å². The van der Waals surface area contributed by atoms with Crippen LogP contribution in [0.15, 0.2) is 18.2 Å². The lowest BCUT2D eigenvalue weighted by atomic mass is 10.1. The fourth-order valence-electron chi connectivity index (χ4n) is 3.18. The molecule has 0 aliphatic heterocycles. The summed E-state index contributed by atoms with van der Waals surface area (Å²) in [6.07, 6.45) is 4.71. The number of benzene rings is 1. The Morgan fingerprint density at radius 2 is 2.09 bits per heavy atom. The van der Waals surface area contributed by atoms with Crippen LogP contribution in [0.5, 0.6) is 5.75 Å². The summed E-state index contributed by atoms with van der Waals surface area (Å²) >= 11 is 0.